The van der Waals surface area contributed by atoms with Gasteiger partial charge in [-0.15, -0.1) is 0 Å². The number of halogens is 1. The molecule has 2 aromatic rings. The molecular weight excluding hydrogens is 472 g/mol. The number of carbonyl (C=O) groups is 1. The highest BCUT2D eigenvalue weighted by atomic mass is 35.5. The molecule has 4 rings (SSSR count). The zero-order valence-electron chi connectivity index (χ0n) is 22.0. The molecule has 0 unspecified atom stereocenters. The van der Waals surface area contributed by atoms with Gasteiger partial charge in [0.15, 0.2) is 0 Å². The van der Waals surface area contributed by atoms with E-state index in [4.69, 9.17) is 4.42 Å². The smallest absolute Gasteiger partial charge is 0.336 e. The molecule has 36 heavy (non-hydrogen) atoms. The molecule has 6 heteroatoms. The molecule has 2 aliphatic rings. The third kappa shape index (κ3) is 4.72. The van der Waals surface area contributed by atoms with Crippen LogP contribution in [0, 0.1) is 13.8 Å². The van der Waals surface area contributed by atoms with Crippen LogP contribution < -0.4 is 27.2 Å². The van der Waals surface area contributed by atoms with E-state index in [1.54, 1.807) is 12.1 Å². The van der Waals surface area contributed by atoms with Crippen molar-refractivity contribution in [3.8, 4) is 22.5 Å². The number of carboxylic acid groups (broad SMARTS) is 1. The lowest BCUT2D eigenvalue weighted by atomic mass is 9.89. The topological polar surface area (TPSA) is 56.7 Å². The fourth-order valence-corrected chi connectivity index (χ4v) is 5.17. The maximum Gasteiger partial charge on any atom is 0.336 e. The molecule has 0 spiro atoms. The molecule has 0 atom stereocenters. The molecule has 1 aliphatic heterocycles. The second-order valence-electron chi connectivity index (χ2n) is 8.94. The van der Waals surface area contributed by atoms with Gasteiger partial charge in [0.05, 0.1) is 11.6 Å². The summed E-state index contributed by atoms with van der Waals surface area (Å²) in [7, 11) is 0. The van der Waals surface area contributed by atoms with Crippen LogP contribution in [0.5, 0.6) is 0 Å². The van der Waals surface area contributed by atoms with Crippen molar-refractivity contribution in [1.82, 2.24) is 4.58 Å². The van der Waals surface area contributed by atoms with Crippen LogP contribution in [0.25, 0.3) is 33.4 Å². The molecule has 0 amide bonds. The lowest BCUT2D eigenvalue weighted by molar-refractivity contribution is -0.0000233. The van der Waals surface area contributed by atoms with E-state index in [9.17, 15) is 9.90 Å². The minimum absolute atomic E-state index is 0. The van der Waals surface area contributed by atoms with Crippen LogP contribution >= 0.6 is 0 Å². The van der Waals surface area contributed by atoms with Crippen LogP contribution in [0.15, 0.2) is 52.9 Å². The van der Waals surface area contributed by atoms with Crippen LogP contribution in [0.2, 0.25) is 0 Å². The van der Waals surface area contributed by atoms with E-state index in [2.05, 4.69) is 75.3 Å². The number of hydrogen-bond acceptors (Lipinski definition) is 3. The van der Waals surface area contributed by atoms with Crippen molar-refractivity contribution in [3.05, 3.63) is 70.6 Å². The molecule has 0 aromatic heterocycles. The molecule has 0 saturated heterocycles. The lowest BCUT2D eigenvalue weighted by Crippen LogP contribution is -3.00. The predicted octanol–water partition coefficient (Wildman–Crippen LogP) is 3.18. The van der Waals surface area contributed by atoms with E-state index < -0.39 is 5.97 Å². The SMILES string of the molecule is CCN(CC)c1cc2oc3cc(=[N+](CC)CC)c(C)cc-3c(-c3ccccc3C(=O)O)c2cc1C.[Cl-]. The van der Waals surface area contributed by atoms with E-state index in [0.717, 1.165) is 76.2 Å². The van der Waals surface area contributed by atoms with Crippen LogP contribution in [0.4, 0.5) is 5.69 Å². The highest BCUT2D eigenvalue weighted by Crippen LogP contribution is 2.43. The Morgan fingerprint density at radius 2 is 1.58 bits per heavy atom. The second-order valence-corrected chi connectivity index (χ2v) is 8.94. The fraction of sp³-hybridized carbons (Fsp3) is 0.333. The van der Waals surface area contributed by atoms with Gasteiger partial charge in [0.2, 0.25) is 5.36 Å². The zero-order chi connectivity index (χ0) is 25.3. The monoisotopic (exact) mass is 506 g/mol. The van der Waals surface area contributed by atoms with Crippen LogP contribution in [-0.2, 0) is 0 Å². The Bertz CT molecular complexity index is 1440. The van der Waals surface area contributed by atoms with E-state index in [1.807, 2.05) is 12.1 Å². The Morgan fingerprint density at radius 3 is 2.19 bits per heavy atom. The molecule has 2 aromatic carbocycles. The summed E-state index contributed by atoms with van der Waals surface area (Å²) in [6, 6.07) is 15.8. The van der Waals surface area contributed by atoms with E-state index >= 15 is 0 Å². The van der Waals surface area contributed by atoms with Gasteiger partial charge in [-0.1, -0.05) is 18.2 Å². The fourth-order valence-electron chi connectivity index (χ4n) is 5.17. The van der Waals surface area contributed by atoms with Gasteiger partial charge in [-0.25, -0.2) is 9.37 Å². The number of nitrogens with zero attached hydrogens (tertiary/aromatic N) is 2. The first-order valence-corrected chi connectivity index (χ1v) is 12.5. The van der Waals surface area contributed by atoms with Gasteiger partial charge in [0, 0.05) is 46.9 Å². The van der Waals surface area contributed by atoms with Crippen LogP contribution in [-0.4, -0.2) is 37.3 Å². The number of aromatic carboxylic acids is 1. The molecule has 0 radical (unpaired) electrons. The lowest BCUT2D eigenvalue weighted by Gasteiger charge is -2.25. The first-order valence-electron chi connectivity index (χ1n) is 12.5. The molecule has 0 fully saturated rings. The van der Waals surface area contributed by atoms with Gasteiger partial charge in [-0.05, 0) is 70.9 Å². The van der Waals surface area contributed by atoms with Crippen molar-refractivity contribution >= 4 is 22.6 Å². The minimum atomic E-state index is -0.935. The highest BCUT2D eigenvalue weighted by Gasteiger charge is 2.24. The van der Waals surface area contributed by atoms with Crippen LogP contribution in [0.1, 0.15) is 49.2 Å². The summed E-state index contributed by atoms with van der Waals surface area (Å²) >= 11 is 0. The summed E-state index contributed by atoms with van der Waals surface area (Å²) in [5.41, 5.74) is 7.00. The maximum absolute atomic E-state index is 12.2. The standard InChI is InChI=1S/C30H34N2O3.ClH/c1-7-31(8-2)25-17-27-23(15-19(25)5)29(21-13-11-12-14-22(21)30(33)34)24-16-20(6)26(18-28(24)35-27)32(9-3)10-4;/h11-18H,7-10H2,1-6H3;1H. The van der Waals surface area contributed by atoms with Crippen molar-refractivity contribution in [1.29, 1.82) is 0 Å². The molecule has 5 nitrogen and oxygen atoms in total. The highest BCUT2D eigenvalue weighted by molar-refractivity contribution is 6.08. The first kappa shape index (κ1) is 27.3. The number of hydrogen-bond donors (Lipinski definition) is 1. The Kier molecular flexibility index (Phi) is 8.47. The molecule has 190 valence electrons. The van der Waals surface area contributed by atoms with Gasteiger partial charge in [-0.2, -0.15) is 0 Å². The third-order valence-corrected chi connectivity index (χ3v) is 6.99. The molecule has 0 bridgehead atoms. The summed E-state index contributed by atoms with van der Waals surface area (Å²) in [4.78, 5) is 14.5. The van der Waals surface area contributed by atoms with Crippen LogP contribution in [0.3, 0.4) is 0 Å². The Morgan fingerprint density at radius 1 is 0.917 bits per heavy atom. The van der Waals surface area contributed by atoms with E-state index in [-0.39, 0.29) is 18.0 Å². The van der Waals surface area contributed by atoms with Crippen molar-refractivity contribution in [3.63, 3.8) is 0 Å². The average Bonchev–Trinajstić information content (AvgIpc) is 2.85. The number of benzene rings is 3. The summed E-state index contributed by atoms with van der Waals surface area (Å²) in [6.07, 6.45) is 0. The van der Waals surface area contributed by atoms with Crippen molar-refractivity contribution in [2.45, 2.75) is 41.5 Å². The van der Waals surface area contributed by atoms with Crippen molar-refractivity contribution in [2.75, 3.05) is 31.1 Å². The zero-order valence-corrected chi connectivity index (χ0v) is 22.7. The average molecular weight is 507 g/mol. The first-order chi connectivity index (χ1) is 16.8. The van der Waals surface area contributed by atoms with E-state index in [1.165, 1.54) is 0 Å². The second kappa shape index (κ2) is 11.2. The van der Waals surface area contributed by atoms with Gasteiger partial charge >= 0.3 is 5.97 Å². The number of anilines is 1. The van der Waals surface area contributed by atoms with Gasteiger partial charge in [-0.3, -0.25) is 0 Å². The Hall–Kier alpha value is -3.31. The van der Waals surface area contributed by atoms with Gasteiger partial charge in [0.25, 0.3) is 0 Å². The number of rotatable bonds is 7. The maximum atomic E-state index is 12.2. The van der Waals surface area contributed by atoms with Gasteiger partial charge < -0.3 is 26.8 Å². The quantitative estimate of drug-likeness (QED) is 0.309. The Labute approximate surface area is 219 Å². The molecule has 1 aliphatic carbocycles. The summed E-state index contributed by atoms with van der Waals surface area (Å²) in [5, 5.41) is 12.1. The molecule has 1 heterocycles. The third-order valence-electron chi connectivity index (χ3n) is 6.99. The number of carboxylic acids is 1. The summed E-state index contributed by atoms with van der Waals surface area (Å²) in [6.45, 7) is 16.4. The van der Waals surface area contributed by atoms with Crippen molar-refractivity contribution in [2.24, 2.45) is 0 Å². The minimum Gasteiger partial charge on any atom is -1.00 e. The number of fused-ring (bicyclic) bond motifs is 2. The van der Waals surface area contributed by atoms with Gasteiger partial charge in [0.1, 0.15) is 24.4 Å². The molecule has 0 saturated carbocycles. The Balaban J connectivity index is 0.00000361. The molecular formula is C30H35ClN2O3. The van der Waals surface area contributed by atoms with Crippen molar-refractivity contribution < 1.29 is 26.7 Å². The predicted molar refractivity (Wildman–Crippen MR) is 145 cm³/mol. The number of aryl methyl sites for hydroxylation is 2. The largest absolute Gasteiger partial charge is 1.00 e. The summed E-state index contributed by atoms with van der Waals surface area (Å²) < 4.78 is 8.89. The normalized spacial score (nSPS) is 10.9. The summed E-state index contributed by atoms with van der Waals surface area (Å²) in [5.74, 6) is -0.176. The van der Waals surface area contributed by atoms with E-state index in [0.29, 0.717) is 5.56 Å². The molecule has 1 N–H and O–H groups in total.